The van der Waals surface area contributed by atoms with Gasteiger partial charge in [-0.1, -0.05) is 26.0 Å². The standard InChI is InChI=1S/C19H24N2O3/c1-12(2)14-5-8-16(9-6-14)24-13(3)19(22)21-17-11-15(20)7-10-18(17)23-4/h5-13H,20H2,1-4H3,(H,21,22). The van der Waals surface area contributed by atoms with Crippen LogP contribution in [0.2, 0.25) is 0 Å². The largest absolute Gasteiger partial charge is 0.495 e. The number of nitrogens with two attached hydrogens (primary N) is 1. The lowest BCUT2D eigenvalue weighted by Gasteiger charge is -2.17. The molecule has 1 atom stereocenters. The van der Waals surface area contributed by atoms with Crippen molar-refractivity contribution in [3.8, 4) is 11.5 Å². The summed E-state index contributed by atoms with van der Waals surface area (Å²) in [5.41, 5.74) is 8.05. The first-order valence-electron chi connectivity index (χ1n) is 7.91. The third-order valence-corrected chi connectivity index (χ3v) is 3.71. The minimum absolute atomic E-state index is 0.271. The van der Waals surface area contributed by atoms with Gasteiger partial charge >= 0.3 is 0 Å². The molecule has 2 aromatic rings. The van der Waals surface area contributed by atoms with Crippen molar-refractivity contribution < 1.29 is 14.3 Å². The Bertz CT molecular complexity index is 696. The van der Waals surface area contributed by atoms with Gasteiger partial charge in [-0.3, -0.25) is 4.79 Å². The monoisotopic (exact) mass is 328 g/mol. The van der Waals surface area contributed by atoms with Crippen LogP contribution in [0, 0.1) is 0 Å². The number of amides is 1. The van der Waals surface area contributed by atoms with E-state index in [4.69, 9.17) is 15.2 Å². The molecule has 0 radical (unpaired) electrons. The number of carbonyl (C=O) groups is 1. The number of carbonyl (C=O) groups excluding carboxylic acids is 1. The number of anilines is 2. The fourth-order valence-corrected chi connectivity index (χ4v) is 2.25. The Hall–Kier alpha value is -2.69. The molecule has 0 saturated carbocycles. The average Bonchev–Trinajstić information content (AvgIpc) is 2.55. The molecule has 5 heteroatoms. The highest BCUT2D eigenvalue weighted by molar-refractivity contribution is 5.95. The molecule has 0 aromatic heterocycles. The molecule has 0 aliphatic carbocycles. The van der Waals surface area contributed by atoms with E-state index in [0.29, 0.717) is 28.8 Å². The van der Waals surface area contributed by atoms with Gasteiger partial charge in [-0.2, -0.15) is 0 Å². The highest BCUT2D eigenvalue weighted by Gasteiger charge is 2.17. The molecule has 0 aliphatic heterocycles. The predicted molar refractivity (Wildman–Crippen MR) is 96.7 cm³/mol. The number of hydrogen-bond acceptors (Lipinski definition) is 4. The van der Waals surface area contributed by atoms with E-state index in [1.54, 1.807) is 25.1 Å². The summed E-state index contributed by atoms with van der Waals surface area (Å²) in [5.74, 6) is 1.38. The molecule has 0 spiro atoms. The third kappa shape index (κ3) is 4.41. The zero-order chi connectivity index (χ0) is 17.7. The van der Waals surface area contributed by atoms with Crippen LogP contribution in [-0.4, -0.2) is 19.1 Å². The summed E-state index contributed by atoms with van der Waals surface area (Å²) in [6, 6.07) is 12.8. The van der Waals surface area contributed by atoms with Crippen LogP contribution in [-0.2, 0) is 4.79 Å². The molecular weight excluding hydrogens is 304 g/mol. The number of ether oxygens (including phenoxy) is 2. The second kappa shape index (κ2) is 7.73. The van der Waals surface area contributed by atoms with Crippen LogP contribution in [0.1, 0.15) is 32.3 Å². The summed E-state index contributed by atoms with van der Waals surface area (Å²) in [6.45, 7) is 5.96. The van der Waals surface area contributed by atoms with Gasteiger partial charge in [0.15, 0.2) is 6.10 Å². The highest BCUT2D eigenvalue weighted by atomic mass is 16.5. The van der Waals surface area contributed by atoms with Crippen LogP contribution in [0.5, 0.6) is 11.5 Å². The van der Waals surface area contributed by atoms with Gasteiger partial charge in [0, 0.05) is 5.69 Å². The number of nitrogens with one attached hydrogen (secondary N) is 1. The van der Waals surface area contributed by atoms with Gasteiger partial charge in [0.2, 0.25) is 0 Å². The van der Waals surface area contributed by atoms with E-state index in [1.807, 2.05) is 24.3 Å². The molecule has 5 nitrogen and oxygen atoms in total. The number of hydrogen-bond donors (Lipinski definition) is 2. The van der Waals surface area contributed by atoms with Gasteiger partial charge in [0.05, 0.1) is 12.8 Å². The maximum atomic E-state index is 12.3. The summed E-state index contributed by atoms with van der Waals surface area (Å²) in [7, 11) is 1.54. The van der Waals surface area contributed by atoms with Crippen molar-refractivity contribution in [2.75, 3.05) is 18.2 Å². The van der Waals surface area contributed by atoms with E-state index in [1.165, 1.54) is 12.7 Å². The zero-order valence-corrected chi connectivity index (χ0v) is 14.5. The van der Waals surface area contributed by atoms with Gasteiger partial charge in [0.25, 0.3) is 5.91 Å². The Balaban J connectivity index is 2.03. The van der Waals surface area contributed by atoms with Crippen LogP contribution in [0.4, 0.5) is 11.4 Å². The van der Waals surface area contributed by atoms with Gasteiger partial charge in [-0.25, -0.2) is 0 Å². The van der Waals surface area contributed by atoms with E-state index in [9.17, 15) is 4.79 Å². The summed E-state index contributed by atoms with van der Waals surface area (Å²) in [4.78, 5) is 12.3. The first kappa shape index (κ1) is 17.7. The molecule has 24 heavy (non-hydrogen) atoms. The maximum Gasteiger partial charge on any atom is 0.265 e. The smallest absolute Gasteiger partial charge is 0.265 e. The van der Waals surface area contributed by atoms with Gasteiger partial charge in [0.1, 0.15) is 11.5 Å². The Morgan fingerprint density at radius 1 is 1.08 bits per heavy atom. The molecule has 3 N–H and O–H groups in total. The van der Waals surface area contributed by atoms with Crippen molar-refractivity contribution in [3.05, 3.63) is 48.0 Å². The molecule has 0 heterocycles. The van der Waals surface area contributed by atoms with Crippen LogP contribution < -0.4 is 20.5 Å². The summed E-state index contributed by atoms with van der Waals surface area (Å²) >= 11 is 0. The van der Waals surface area contributed by atoms with Crippen molar-refractivity contribution in [2.24, 2.45) is 0 Å². The second-order valence-electron chi connectivity index (χ2n) is 5.93. The molecule has 0 aliphatic rings. The minimum atomic E-state index is -0.652. The summed E-state index contributed by atoms with van der Waals surface area (Å²) in [6.07, 6.45) is -0.652. The number of methoxy groups -OCH3 is 1. The molecule has 0 fully saturated rings. The Morgan fingerprint density at radius 2 is 1.75 bits per heavy atom. The Morgan fingerprint density at radius 3 is 2.33 bits per heavy atom. The van der Waals surface area contributed by atoms with Crippen LogP contribution in [0.3, 0.4) is 0 Å². The lowest BCUT2D eigenvalue weighted by molar-refractivity contribution is -0.122. The Kier molecular flexibility index (Phi) is 5.68. The van der Waals surface area contributed by atoms with Crippen LogP contribution >= 0.6 is 0 Å². The fourth-order valence-electron chi connectivity index (χ4n) is 2.25. The maximum absolute atomic E-state index is 12.3. The highest BCUT2D eigenvalue weighted by Crippen LogP contribution is 2.27. The molecule has 0 saturated heterocycles. The van der Waals surface area contributed by atoms with Crippen molar-refractivity contribution in [1.82, 2.24) is 0 Å². The normalized spacial score (nSPS) is 11.9. The third-order valence-electron chi connectivity index (χ3n) is 3.71. The molecule has 128 valence electrons. The van der Waals surface area contributed by atoms with Crippen molar-refractivity contribution in [2.45, 2.75) is 32.8 Å². The second-order valence-corrected chi connectivity index (χ2v) is 5.93. The first-order chi connectivity index (χ1) is 11.4. The average molecular weight is 328 g/mol. The topological polar surface area (TPSA) is 73.6 Å². The summed E-state index contributed by atoms with van der Waals surface area (Å²) in [5, 5.41) is 2.78. The van der Waals surface area contributed by atoms with Gasteiger partial charge < -0.3 is 20.5 Å². The number of nitrogen functional groups attached to an aromatic ring is 1. The molecular formula is C19H24N2O3. The van der Waals surface area contributed by atoms with E-state index in [-0.39, 0.29) is 5.91 Å². The molecule has 2 rings (SSSR count). The molecule has 1 unspecified atom stereocenters. The first-order valence-corrected chi connectivity index (χ1v) is 7.91. The van der Waals surface area contributed by atoms with Crippen molar-refractivity contribution in [3.63, 3.8) is 0 Å². The van der Waals surface area contributed by atoms with Crippen LogP contribution in [0.25, 0.3) is 0 Å². The number of benzene rings is 2. The molecule has 1 amide bonds. The minimum Gasteiger partial charge on any atom is -0.495 e. The molecule has 0 bridgehead atoms. The summed E-state index contributed by atoms with van der Waals surface area (Å²) < 4.78 is 10.9. The van der Waals surface area contributed by atoms with E-state index in [2.05, 4.69) is 19.2 Å². The van der Waals surface area contributed by atoms with Crippen molar-refractivity contribution in [1.29, 1.82) is 0 Å². The van der Waals surface area contributed by atoms with Gasteiger partial charge in [-0.15, -0.1) is 0 Å². The lowest BCUT2D eigenvalue weighted by Crippen LogP contribution is -2.30. The Labute approximate surface area is 142 Å². The van der Waals surface area contributed by atoms with Gasteiger partial charge in [-0.05, 0) is 48.7 Å². The fraction of sp³-hybridized carbons (Fsp3) is 0.316. The number of rotatable bonds is 6. The van der Waals surface area contributed by atoms with E-state index >= 15 is 0 Å². The lowest BCUT2D eigenvalue weighted by atomic mass is 10.0. The molecule has 2 aromatic carbocycles. The van der Waals surface area contributed by atoms with E-state index < -0.39 is 6.10 Å². The SMILES string of the molecule is COc1ccc(N)cc1NC(=O)C(C)Oc1ccc(C(C)C)cc1. The van der Waals surface area contributed by atoms with Crippen LogP contribution in [0.15, 0.2) is 42.5 Å². The van der Waals surface area contributed by atoms with E-state index in [0.717, 1.165) is 0 Å². The van der Waals surface area contributed by atoms with Crippen molar-refractivity contribution >= 4 is 17.3 Å². The quantitative estimate of drug-likeness (QED) is 0.791. The predicted octanol–water partition coefficient (Wildman–Crippen LogP) is 3.81. The zero-order valence-electron chi connectivity index (χ0n) is 14.5.